The Bertz CT molecular complexity index is 427. The molecule has 1 fully saturated rings. The molecular weight excluding hydrogens is 208 g/mol. The smallest absolute Gasteiger partial charge is 0.272 e. The summed E-state index contributed by atoms with van der Waals surface area (Å²) in [5, 5.41) is 20.1. The third kappa shape index (κ3) is 2.30. The lowest BCUT2D eigenvalue weighted by molar-refractivity contribution is -0.385. The maximum Gasteiger partial charge on any atom is 0.272 e. The Morgan fingerprint density at radius 2 is 2.19 bits per heavy atom. The number of nitrogens with zero attached hydrogens (tertiary/aromatic N) is 1. The number of benzene rings is 1. The molecule has 0 radical (unpaired) electrons. The summed E-state index contributed by atoms with van der Waals surface area (Å²) >= 11 is 0. The third-order valence-corrected chi connectivity index (χ3v) is 3.04. The molecule has 5 nitrogen and oxygen atoms in total. The van der Waals surface area contributed by atoms with E-state index in [2.05, 4.69) is 0 Å². The van der Waals surface area contributed by atoms with Crippen molar-refractivity contribution in [3.05, 3.63) is 33.9 Å². The minimum Gasteiger partial charge on any atom is -0.508 e. The second-order valence-electron chi connectivity index (χ2n) is 4.43. The van der Waals surface area contributed by atoms with Gasteiger partial charge in [-0.3, -0.25) is 10.1 Å². The monoisotopic (exact) mass is 222 g/mol. The minimum atomic E-state index is -0.426. The standard InChI is InChI=1S/C11H14N2O3/c12-11(5-6-11)4-3-8-7-9(14)1-2-10(8)13(15)16/h1-2,7,14H,3-6,12H2. The molecule has 0 bridgehead atoms. The zero-order chi connectivity index (χ0) is 11.8. The van der Waals surface area contributed by atoms with Gasteiger partial charge in [0.2, 0.25) is 0 Å². The van der Waals surface area contributed by atoms with E-state index in [1.807, 2.05) is 0 Å². The maximum atomic E-state index is 10.8. The van der Waals surface area contributed by atoms with E-state index in [1.165, 1.54) is 18.2 Å². The number of aryl methyl sites for hydroxylation is 1. The van der Waals surface area contributed by atoms with Gasteiger partial charge in [-0.1, -0.05) is 0 Å². The van der Waals surface area contributed by atoms with Crippen LogP contribution >= 0.6 is 0 Å². The van der Waals surface area contributed by atoms with Gasteiger partial charge in [0.1, 0.15) is 5.75 Å². The van der Waals surface area contributed by atoms with Crippen LogP contribution in [0.2, 0.25) is 0 Å². The Morgan fingerprint density at radius 3 is 2.75 bits per heavy atom. The summed E-state index contributed by atoms with van der Waals surface area (Å²) in [6, 6.07) is 4.11. The SMILES string of the molecule is NC1(CCc2cc(O)ccc2[N+](=O)[O-])CC1. The Balaban J connectivity index is 2.16. The van der Waals surface area contributed by atoms with Crippen LogP contribution in [-0.4, -0.2) is 15.6 Å². The van der Waals surface area contributed by atoms with Gasteiger partial charge < -0.3 is 10.8 Å². The van der Waals surface area contributed by atoms with Crippen molar-refractivity contribution >= 4 is 5.69 Å². The number of aromatic hydroxyl groups is 1. The average molecular weight is 222 g/mol. The van der Waals surface area contributed by atoms with Gasteiger partial charge in [0.05, 0.1) is 4.92 Å². The van der Waals surface area contributed by atoms with Crippen molar-refractivity contribution in [3.8, 4) is 5.75 Å². The highest BCUT2D eigenvalue weighted by Crippen LogP contribution is 2.37. The Morgan fingerprint density at radius 1 is 1.50 bits per heavy atom. The predicted octanol–water partition coefficient (Wildman–Crippen LogP) is 1.72. The summed E-state index contributed by atoms with van der Waals surface area (Å²) in [6.07, 6.45) is 3.25. The number of nitro groups is 1. The lowest BCUT2D eigenvalue weighted by Gasteiger charge is -2.08. The zero-order valence-corrected chi connectivity index (χ0v) is 8.85. The topological polar surface area (TPSA) is 89.4 Å². The number of hydrogen-bond donors (Lipinski definition) is 2. The molecule has 5 heteroatoms. The van der Waals surface area contributed by atoms with Gasteiger partial charge in [0.25, 0.3) is 5.69 Å². The van der Waals surface area contributed by atoms with Gasteiger partial charge in [0, 0.05) is 17.2 Å². The molecule has 1 aromatic rings. The fraction of sp³-hybridized carbons (Fsp3) is 0.455. The molecule has 1 saturated carbocycles. The number of hydrogen-bond acceptors (Lipinski definition) is 4. The molecule has 0 unspecified atom stereocenters. The Hall–Kier alpha value is -1.62. The fourth-order valence-electron chi connectivity index (χ4n) is 1.74. The molecule has 1 aromatic carbocycles. The van der Waals surface area contributed by atoms with E-state index < -0.39 is 4.92 Å². The van der Waals surface area contributed by atoms with E-state index in [1.54, 1.807) is 0 Å². The molecule has 0 aromatic heterocycles. The van der Waals surface area contributed by atoms with Crippen molar-refractivity contribution in [2.75, 3.05) is 0 Å². The van der Waals surface area contributed by atoms with Crippen molar-refractivity contribution in [2.24, 2.45) is 5.73 Å². The van der Waals surface area contributed by atoms with E-state index in [0.29, 0.717) is 12.0 Å². The summed E-state index contributed by atoms with van der Waals surface area (Å²) in [5.74, 6) is 0.0578. The molecular formula is C11H14N2O3. The number of phenolic OH excluding ortho intramolecular Hbond substituents is 1. The van der Waals surface area contributed by atoms with Gasteiger partial charge in [0.15, 0.2) is 0 Å². The average Bonchev–Trinajstić information content (AvgIpc) is 2.94. The fourth-order valence-corrected chi connectivity index (χ4v) is 1.74. The van der Waals surface area contributed by atoms with Gasteiger partial charge in [-0.15, -0.1) is 0 Å². The number of phenols is 1. The molecule has 0 amide bonds. The van der Waals surface area contributed by atoms with Crippen LogP contribution in [0.1, 0.15) is 24.8 Å². The van der Waals surface area contributed by atoms with Crippen molar-refractivity contribution in [3.63, 3.8) is 0 Å². The van der Waals surface area contributed by atoms with E-state index in [0.717, 1.165) is 19.3 Å². The van der Waals surface area contributed by atoms with Crippen molar-refractivity contribution < 1.29 is 10.0 Å². The third-order valence-electron chi connectivity index (χ3n) is 3.04. The van der Waals surface area contributed by atoms with Crippen molar-refractivity contribution in [1.29, 1.82) is 0 Å². The molecule has 3 N–H and O–H groups in total. The first-order valence-corrected chi connectivity index (χ1v) is 5.25. The highest BCUT2D eigenvalue weighted by atomic mass is 16.6. The number of rotatable bonds is 4. The molecule has 86 valence electrons. The Labute approximate surface area is 93.0 Å². The largest absolute Gasteiger partial charge is 0.508 e. The van der Waals surface area contributed by atoms with Crippen molar-refractivity contribution in [1.82, 2.24) is 0 Å². The molecule has 0 heterocycles. The summed E-state index contributed by atoms with van der Waals surface area (Å²) in [7, 11) is 0. The van der Waals surface area contributed by atoms with Crippen LogP contribution in [-0.2, 0) is 6.42 Å². The molecule has 16 heavy (non-hydrogen) atoms. The lowest BCUT2D eigenvalue weighted by Crippen LogP contribution is -2.22. The molecule has 0 atom stereocenters. The van der Waals surface area contributed by atoms with Crippen LogP contribution in [0, 0.1) is 10.1 Å². The first-order chi connectivity index (χ1) is 7.50. The summed E-state index contributed by atoms with van der Waals surface area (Å²) < 4.78 is 0. The van der Waals surface area contributed by atoms with Crippen LogP contribution in [0.5, 0.6) is 5.75 Å². The number of nitrogens with two attached hydrogens (primary N) is 1. The molecule has 1 aliphatic rings. The van der Waals surface area contributed by atoms with E-state index in [9.17, 15) is 15.2 Å². The summed E-state index contributed by atoms with van der Waals surface area (Å²) in [5.41, 5.74) is 6.42. The quantitative estimate of drug-likeness (QED) is 0.599. The van der Waals surface area contributed by atoms with Crippen LogP contribution in [0.4, 0.5) is 5.69 Å². The highest BCUT2D eigenvalue weighted by Gasteiger charge is 2.37. The zero-order valence-electron chi connectivity index (χ0n) is 8.85. The van der Waals surface area contributed by atoms with Crippen LogP contribution in [0.3, 0.4) is 0 Å². The lowest BCUT2D eigenvalue weighted by atomic mass is 10.0. The first kappa shape index (κ1) is 10.9. The molecule has 0 saturated heterocycles. The van der Waals surface area contributed by atoms with Gasteiger partial charge in [-0.25, -0.2) is 0 Å². The van der Waals surface area contributed by atoms with Gasteiger partial charge in [-0.05, 0) is 37.8 Å². The second-order valence-corrected chi connectivity index (χ2v) is 4.43. The molecule has 0 aliphatic heterocycles. The normalized spacial score (nSPS) is 17.1. The number of nitro benzene ring substituents is 1. The van der Waals surface area contributed by atoms with Gasteiger partial charge >= 0.3 is 0 Å². The summed E-state index contributed by atoms with van der Waals surface area (Å²) in [4.78, 5) is 10.3. The van der Waals surface area contributed by atoms with Crippen LogP contribution < -0.4 is 5.73 Å². The maximum absolute atomic E-state index is 10.8. The minimum absolute atomic E-state index is 0.0575. The van der Waals surface area contributed by atoms with Crippen LogP contribution in [0.15, 0.2) is 18.2 Å². The second kappa shape index (κ2) is 3.75. The molecule has 2 rings (SSSR count). The van der Waals surface area contributed by atoms with E-state index >= 15 is 0 Å². The molecule has 1 aliphatic carbocycles. The van der Waals surface area contributed by atoms with Crippen LogP contribution in [0.25, 0.3) is 0 Å². The van der Waals surface area contributed by atoms with Crippen molar-refractivity contribution in [2.45, 2.75) is 31.2 Å². The predicted molar refractivity (Wildman–Crippen MR) is 59.2 cm³/mol. The first-order valence-electron chi connectivity index (χ1n) is 5.25. The van der Waals surface area contributed by atoms with Gasteiger partial charge in [-0.2, -0.15) is 0 Å². The summed E-state index contributed by atoms with van der Waals surface area (Å²) in [6.45, 7) is 0. The molecule has 0 spiro atoms. The van der Waals surface area contributed by atoms with E-state index in [4.69, 9.17) is 5.73 Å². The Kier molecular flexibility index (Phi) is 2.55. The van der Waals surface area contributed by atoms with E-state index in [-0.39, 0.29) is 17.0 Å². The highest BCUT2D eigenvalue weighted by molar-refractivity contribution is 5.45.